The van der Waals surface area contributed by atoms with Crippen LogP contribution < -0.4 is 5.32 Å². The van der Waals surface area contributed by atoms with Crippen molar-refractivity contribution in [3.05, 3.63) is 38.9 Å². The number of carbonyl (C=O) groups is 1. The third-order valence-corrected chi connectivity index (χ3v) is 2.55. The van der Waals surface area contributed by atoms with Crippen molar-refractivity contribution in [1.82, 2.24) is 5.32 Å². The lowest BCUT2D eigenvalue weighted by molar-refractivity contribution is -0.385. The Bertz CT molecular complexity index is 534. The molecule has 110 valence electrons. The van der Waals surface area contributed by atoms with E-state index in [1.54, 1.807) is 0 Å². The van der Waals surface area contributed by atoms with Crippen molar-refractivity contribution in [3.63, 3.8) is 0 Å². The van der Waals surface area contributed by atoms with E-state index in [-0.39, 0.29) is 10.6 Å². The van der Waals surface area contributed by atoms with Crippen LogP contribution in [0.4, 0.5) is 18.9 Å². The van der Waals surface area contributed by atoms with Crippen LogP contribution in [0.25, 0.3) is 0 Å². The molecule has 0 aliphatic carbocycles. The van der Waals surface area contributed by atoms with Crippen LogP contribution >= 0.6 is 11.6 Å². The molecule has 0 aromatic heterocycles. The largest absolute Gasteiger partial charge is 0.391 e. The van der Waals surface area contributed by atoms with E-state index in [2.05, 4.69) is 5.32 Å². The van der Waals surface area contributed by atoms with Crippen LogP contribution in [0.2, 0.25) is 5.02 Å². The second-order valence-corrected chi connectivity index (χ2v) is 4.55. The Hall–Kier alpha value is -1.83. The van der Waals surface area contributed by atoms with E-state index in [1.165, 1.54) is 6.07 Å². The summed E-state index contributed by atoms with van der Waals surface area (Å²) in [6, 6.07) is 2.07. The molecule has 0 spiro atoms. The minimum Gasteiger partial charge on any atom is -0.349 e. The van der Waals surface area contributed by atoms with Gasteiger partial charge in [0.05, 0.1) is 11.3 Å². The third kappa shape index (κ3) is 4.69. The predicted octanol–water partition coefficient (Wildman–Crippen LogP) is 3.32. The Morgan fingerprint density at radius 3 is 2.60 bits per heavy atom. The van der Waals surface area contributed by atoms with Gasteiger partial charge >= 0.3 is 6.18 Å². The number of nitrogens with zero attached hydrogens (tertiary/aromatic N) is 1. The smallest absolute Gasteiger partial charge is 0.349 e. The first-order valence-corrected chi connectivity index (χ1v) is 5.79. The summed E-state index contributed by atoms with van der Waals surface area (Å²) in [5.41, 5.74) is -0.900. The van der Waals surface area contributed by atoms with Gasteiger partial charge in [0.25, 0.3) is 11.6 Å². The molecule has 20 heavy (non-hydrogen) atoms. The molecule has 1 amide bonds. The summed E-state index contributed by atoms with van der Waals surface area (Å²) in [5.74, 6) is -0.976. The van der Waals surface area contributed by atoms with Gasteiger partial charge in [-0.15, -0.1) is 0 Å². The van der Waals surface area contributed by atoms with E-state index in [1.807, 2.05) is 0 Å². The van der Waals surface area contributed by atoms with Crippen LogP contribution in [0.1, 0.15) is 23.7 Å². The standard InChI is InChI=1S/C11H10ClF3N2O3/c1-6(5-11(13,14)15)16-10(18)8-4-7(12)2-3-9(8)17(19)20/h2-4,6H,5H2,1H3,(H,16,18). The van der Waals surface area contributed by atoms with Crippen LogP contribution in [0, 0.1) is 10.1 Å². The highest BCUT2D eigenvalue weighted by Gasteiger charge is 2.31. The predicted molar refractivity (Wildman–Crippen MR) is 65.7 cm³/mol. The first kappa shape index (κ1) is 16.2. The molecule has 0 bridgehead atoms. The number of nitro groups is 1. The van der Waals surface area contributed by atoms with E-state index in [9.17, 15) is 28.1 Å². The highest BCUT2D eigenvalue weighted by atomic mass is 35.5. The molecule has 5 nitrogen and oxygen atoms in total. The first-order valence-electron chi connectivity index (χ1n) is 5.41. The summed E-state index contributed by atoms with van der Waals surface area (Å²) >= 11 is 5.63. The molecule has 1 aromatic rings. The van der Waals surface area contributed by atoms with Crippen LogP contribution in [-0.2, 0) is 0 Å². The number of hydrogen-bond acceptors (Lipinski definition) is 3. The molecule has 0 aliphatic heterocycles. The van der Waals surface area contributed by atoms with Crippen molar-refractivity contribution >= 4 is 23.2 Å². The molecule has 0 heterocycles. The molecule has 0 radical (unpaired) electrons. The molecule has 0 saturated carbocycles. The maximum absolute atomic E-state index is 12.1. The van der Waals surface area contributed by atoms with Crippen LogP contribution in [-0.4, -0.2) is 23.0 Å². The molecular weight excluding hydrogens is 301 g/mol. The van der Waals surface area contributed by atoms with Gasteiger partial charge in [-0.1, -0.05) is 11.6 Å². The minimum atomic E-state index is -4.44. The Kier molecular flexibility index (Phi) is 4.93. The van der Waals surface area contributed by atoms with E-state index in [0.717, 1.165) is 19.1 Å². The molecular formula is C11H10ClF3N2O3. The summed E-state index contributed by atoms with van der Waals surface area (Å²) in [6.07, 6.45) is -5.67. The van der Waals surface area contributed by atoms with Gasteiger partial charge in [0.15, 0.2) is 0 Å². The average molecular weight is 311 g/mol. The van der Waals surface area contributed by atoms with Gasteiger partial charge in [0.1, 0.15) is 5.56 Å². The number of benzene rings is 1. The number of nitro benzene ring substituents is 1. The van der Waals surface area contributed by atoms with Crippen LogP contribution in [0.3, 0.4) is 0 Å². The van der Waals surface area contributed by atoms with E-state index in [0.29, 0.717) is 0 Å². The number of carbonyl (C=O) groups excluding carboxylic acids is 1. The molecule has 1 unspecified atom stereocenters. The number of alkyl halides is 3. The molecule has 1 atom stereocenters. The lowest BCUT2D eigenvalue weighted by Gasteiger charge is -2.15. The van der Waals surface area contributed by atoms with Crippen LogP contribution in [0.15, 0.2) is 18.2 Å². The summed E-state index contributed by atoms with van der Waals surface area (Å²) in [5, 5.41) is 12.9. The summed E-state index contributed by atoms with van der Waals surface area (Å²) < 4.78 is 36.4. The third-order valence-electron chi connectivity index (χ3n) is 2.32. The van der Waals surface area contributed by atoms with Crippen molar-refractivity contribution in [2.45, 2.75) is 25.6 Å². The molecule has 0 saturated heterocycles. The summed E-state index contributed by atoms with van der Waals surface area (Å²) in [4.78, 5) is 21.7. The minimum absolute atomic E-state index is 0.0734. The van der Waals surface area contributed by atoms with Crippen molar-refractivity contribution in [2.75, 3.05) is 0 Å². The fraction of sp³-hybridized carbons (Fsp3) is 0.364. The van der Waals surface area contributed by atoms with E-state index in [4.69, 9.17) is 11.6 Å². The maximum Gasteiger partial charge on any atom is 0.391 e. The van der Waals surface area contributed by atoms with E-state index < -0.39 is 35.2 Å². The van der Waals surface area contributed by atoms with Crippen molar-refractivity contribution in [2.24, 2.45) is 0 Å². The van der Waals surface area contributed by atoms with Gasteiger partial charge < -0.3 is 5.32 Å². The topological polar surface area (TPSA) is 72.2 Å². The van der Waals surface area contributed by atoms with Gasteiger partial charge in [-0.2, -0.15) is 13.2 Å². The normalized spacial score (nSPS) is 12.8. The lowest BCUT2D eigenvalue weighted by Crippen LogP contribution is -2.36. The Balaban J connectivity index is 2.92. The summed E-state index contributed by atoms with van der Waals surface area (Å²) in [6.45, 7) is 1.15. The van der Waals surface area contributed by atoms with Gasteiger partial charge in [-0.25, -0.2) is 0 Å². The molecule has 1 rings (SSSR count). The monoisotopic (exact) mass is 310 g/mol. The SMILES string of the molecule is CC(CC(F)(F)F)NC(=O)c1cc(Cl)ccc1[N+](=O)[O-]. The quantitative estimate of drug-likeness (QED) is 0.685. The Labute approximate surface area is 116 Å². The highest BCUT2D eigenvalue weighted by Crippen LogP contribution is 2.24. The Morgan fingerprint density at radius 1 is 1.50 bits per heavy atom. The van der Waals surface area contributed by atoms with Crippen LogP contribution in [0.5, 0.6) is 0 Å². The lowest BCUT2D eigenvalue weighted by atomic mass is 10.1. The number of nitrogens with one attached hydrogen (secondary N) is 1. The molecule has 1 aromatic carbocycles. The Morgan fingerprint density at radius 2 is 2.10 bits per heavy atom. The van der Waals surface area contributed by atoms with Gasteiger partial charge in [-0.05, 0) is 19.1 Å². The zero-order valence-corrected chi connectivity index (χ0v) is 11.0. The fourth-order valence-electron chi connectivity index (χ4n) is 1.55. The molecule has 0 fully saturated rings. The maximum atomic E-state index is 12.1. The number of amides is 1. The number of halogens is 4. The zero-order chi connectivity index (χ0) is 15.5. The second kappa shape index (κ2) is 6.08. The molecule has 0 aliphatic rings. The van der Waals surface area contributed by atoms with Gasteiger partial charge in [0.2, 0.25) is 0 Å². The van der Waals surface area contributed by atoms with Gasteiger partial charge in [-0.3, -0.25) is 14.9 Å². The number of hydrogen-bond donors (Lipinski definition) is 1. The average Bonchev–Trinajstić information content (AvgIpc) is 2.25. The second-order valence-electron chi connectivity index (χ2n) is 4.11. The first-order chi connectivity index (χ1) is 9.10. The zero-order valence-electron chi connectivity index (χ0n) is 10.2. The molecule has 1 N–H and O–H groups in total. The number of rotatable bonds is 4. The molecule has 9 heteroatoms. The fourth-order valence-corrected chi connectivity index (χ4v) is 1.72. The van der Waals surface area contributed by atoms with Crippen molar-refractivity contribution in [3.8, 4) is 0 Å². The van der Waals surface area contributed by atoms with E-state index >= 15 is 0 Å². The van der Waals surface area contributed by atoms with Crippen molar-refractivity contribution < 1.29 is 22.9 Å². The highest BCUT2D eigenvalue weighted by molar-refractivity contribution is 6.31. The van der Waals surface area contributed by atoms with Gasteiger partial charge in [0, 0.05) is 17.1 Å². The summed E-state index contributed by atoms with van der Waals surface area (Å²) in [7, 11) is 0. The van der Waals surface area contributed by atoms with Crippen molar-refractivity contribution in [1.29, 1.82) is 0 Å².